The van der Waals surface area contributed by atoms with Crippen molar-refractivity contribution in [2.75, 3.05) is 6.54 Å². The van der Waals surface area contributed by atoms with Gasteiger partial charge in [0.25, 0.3) is 5.91 Å². The molecule has 1 rings (SSSR count). The number of urea groups is 1. The summed E-state index contributed by atoms with van der Waals surface area (Å²) in [6.45, 7) is 1.71. The number of hydroxylamine groups is 1. The molecule has 7 nitrogen and oxygen atoms in total. The average Bonchev–Trinajstić information content (AvgIpc) is 2.43. The van der Waals surface area contributed by atoms with Crippen molar-refractivity contribution in [3.8, 4) is 0 Å². The fourth-order valence-electron chi connectivity index (χ4n) is 1.68. The molecule has 0 heterocycles. The van der Waals surface area contributed by atoms with E-state index in [1.54, 1.807) is 0 Å². The van der Waals surface area contributed by atoms with Crippen LogP contribution in [0, 0.1) is 0 Å². The Hall–Kier alpha value is -1.64. The summed E-state index contributed by atoms with van der Waals surface area (Å²) in [6, 6.07) is 5.86. The normalized spacial score (nSPS) is 13.1. The zero-order chi connectivity index (χ0) is 15.8. The summed E-state index contributed by atoms with van der Waals surface area (Å²) in [4.78, 5) is 22.9. The first kappa shape index (κ1) is 17.4. The second-order valence-corrected chi connectivity index (χ2v) is 5.39. The first-order valence-electron chi connectivity index (χ1n) is 6.35. The number of aliphatic hydroxyl groups is 1. The number of nitrogens with one attached hydrogen (secondary N) is 3. The number of rotatable bonds is 6. The van der Waals surface area contributed by atoms with E-state index < -0.39 is 24.1 Å². The summed E-state index contributed by atoms with van der Waals surface area (Å²) in [6.07, 6.45) is -0.508. The maximum absolute atomic E-state index is 11.6. The van der Waals surface area contributed by atoms with Gasteiger partial charge in [0.1, 0.15) is 6.04 Å². The van der Waals surface area contributed by atoms with Crippen molar-refractivity contribution in [2.24, 2.45) is 0 Å². The molecule has 2 atom stereocenters. The number of hydrogen-bond acceptors (Lipinski definition) is 4. The number of carbonyl (C=O) groups excluding carboxylic acids is 2. The molecule has 21 heavy (non-hydrogen) atoms. The van der Waals surface area contributed by atoms with Gasteiger partial charge >= 0.3 is 6.03 Å². The summed E-state index contributed by atoms with van der Waals surface area (Å²) >= 11 is 3.36. The van der Waals surface area contributed by atoms with Gasteiger partial charge in [-0.1, -0.05) is 28.1 Å². The van der Waals surface area contributed by atoms with Crippen LogP contribution in [0.15, 0.2) is 28.7 Å². The highest BCUT2D eigenvalue weighted by Gasteiger charge is 2.24. The highest BCUT2D eigenvalue weighted by Crippen LogP contribution is 2.11. The van der Waals surface area contributed by atoms with Crippen LogP contribution in [-0.2, 0) is 11.2 Å². The van der Waals surface area contributed by atoms with E-state index in [2.05, 4.69) is 26.6 Å². The minimum Gasteiger partial charge on any atom is -0.391 e. The molecule has 0 saturated heterocycles. The van der Waals surface area contributed by atoms with Gasteiger partial charge in [-0.15, -0.1) is 0 Å². The second kappa shape index (κ2) is 8.60. The molecule has 0 saturated carbocycles. The highest BCUT2D eigenvalue weighted by molar-refractivity contribution is 9.10. The number of halogens is 1. The van der Waals surface area contributed by atoms with Crippen molar-refractivity contribution >= 4 is 27.9 Å². The quantitative estimate of drug-likeness (QED) is 0.377. The SMILES string of the molecule is C[C@@H](O)[C@H](NC(=O)NCCc1cccc(Br)c1)C(=O)NO. The number of benzene rings is 1. The number of hydrogen-bond donors (Lipinski definition) is 5. The molecule has 5 N–H and O–H groups in total. The van der Waals surface area contributed by atoms with Crippen molar-refractivity contribution in [1.82, 2.24) is 16.1 Å². The molecule has 116 valence electrons. The number of amides is 3. The predicted molar refractivity (Wildman–Crippen MR) is 79.8 cm³/mol. The van der Waals surface area contributed by atoms with Gasteiger partial charge in [0.15, 0.2) is 0 Å². The second-order valence-electron chi connectivity index (χ2n) is 4.47. The van der Waals surface area contributed by atoms with E-state index in [0.29, 0.717) is 13.0 Å². The molecule has 0 aliphatic carbocycles. The Labute approximate surface area is 130 Å². The van der Waals surface area contributed by atoms with Crippen molar-refractivity contribution in [1.29, 1.82) is 0 Å². The molecular formula is C13H18BrN3O4. The Morgan fingerprint density at radius 2 is 2.10 bits per heavy atom. The smallest absolute Gasteiger partial charge is 0.315 e. The van der Waals surface area contributed by atoms with E-state index in [-0.39, 0.29) is 0 Å². The third-order valence-electron chi connectivity index (χ3n) is 2.75. The Morgan fingerprint density at radius 1 is 1.38 bits per heavy atom. The predicted octanol–water partition coefficient (Wildman–Crippen LogP) is 0.546. The van der Waals surface area contributed by atoms with Crippen molar-refractivity contribution in [2.45, 2.75) is 25.5 Å². The van der Waals surface area contributed by atoms with Crippen LogP contribution in [0.4, 0.5) is 4.79 Å². The van der Waals surface area contributed by atoms with E-state index >= 15 is 0 Å². The average molecular weight is 360 g/mol. The van der Waals surface area contributed by atoms with E-state index in [0.717, 1.165) is 10.0 Å². The summed E-state index contributed by atoms with van der Waals surface area (Å²) < 4.78 is 0.957. The molecule has 0 aliphatic heterocycles. The van der Waals surface area contributed by atoms with E-state index in [4.69, 9.17) is 5.21 Å². The van der Waals surface area contributed by atoms with Gasteiger partial charge in [-0.25, -0.2) is 10.3 Å². The zero-order valence-electron chi connectivity index (χ0n) is 11.5. The lowest BCUT2D eigenvalue weighted by atomic mass is 10.1. The number of aliphatic hydroxyl groups excluding tert-OH is 1. The van der Waals surface area contributed by atoms with Gasteiger partial charge in [-0.05, 0) is 31.0 Å². The molecule has 0 aliphatic rings. The Morgan fingerprint density at radius 3 is 2.67 bits per heavy atom. The van der Waals surface area contributed by atoms with E-state index in [9.17, 15) is 14.7 Å². The molecule has 0 radical (unpaired) electrons. The van der Waals surface area contributed by atoms with Crippen LogP contribution in [0.25, 0.3) is 0 Å². The van der Waals surface area contributed by atoms with Crippen LogP contribution in [-0.4, -0.2) is 40.9 Å². The first-order valence-corrected chi connectivity index (χ1v) is 7.14. The van der Waals surface area contributed by atoms with Crippen molar-refractivity contribution in [3.63, 3.8) is 0 Å². The van der Waals surface area contributed by atoms with Crippen LogP contribution >= 0.6 is 15.9 Å². The van der Waals surface area contributed by atoms with Crippen molar-refractivity contribution < 1.29 is 19.9 Å². The van der Waals surface area contributed by atoms with Gasteiger partial charge in [0.05, 0.1) is 6.10 Å². The maximum atomic E-state index is 11.6. The Kier molecular flexibility index (Phi) is 7.13. The molecule has 0 bridgehead atoms. The molecule has 1 aromatic rings. The standard InChI is InChI=1S/C13H18BrN3O4/c1-8(18)11(12(19)17-21)16-13(20)15-6-5-9-3-2-4-10(14)7-9/h2-4,7-8,11,18,21H,5-6H2,1H3,(H,17,19)(H2,15,16,20)/t8-,11+/m1/s1. The van der Waals surface area contributed by atoms with Gasteiger partial charge < -0.3 is 15.7 Å². The minimum absolute atomic E-state index is 0.371. The van der Waals surface area contributed by atoms with Crippen LogP contribution in [0.5, 0.6) is 0 Å². The summed E-state index contributed by atoms with van der Waals surface area (Å²) in [5.74, 6) is -0.882. The van der Waals surface area contributed by atoms with Crippen molar-refractivity contribution in [3.05, 3.63) is 34.3 Å². The third kappa shape index (κ3) is 6.11. The van der Waals surface area contributed by atoms with E-state index in [1.807, 2.05) is 24.3 Å². The van der Waals surface area contributed by atoms with Gasteiger partial charge in [-0.2, -0.15) is 0 Å². The van der Waals surface area contributed by atoms with Crippen LogP contribution in [0.3, 0.4) is 0 Å². The van der Waals surface area contributed by atoms with Gasteiger partial charge in [0.2, 0.25) is 0 Å². The molecule has 3 amide bonds. The third-order valence-corrected chi connectivity index (χ3v) is 3.24. The summed E-state index contributed by atoms with van der Waals surface area (Å²) in [5.41, 5.74) is 2.44. The van der Waals surface area contributed by atoms with Gasteiger partial charge in [0, 0.05) is 11.0 Å². The molecule has 0 spiro atoms. The minimum atomic E-state index is -1.22. The lowest BCUT2D eigenvalue weighted by Crippen LogP contribution is -2.54. The molecule has 8 heteroatoms. The molecule has 0 fully saturated rings. The monoisotopic (exact) mass is 359 g/mol. The van der Waals surface area contributed by atoms with E-state index in [1.165, 1.54) is 12.4 Å². The lowest BCUT2D eigenvalue weighted by Gasteiger charge is -2.19. The fourth-order valence-corrected chi connectivity index (χ4v) is 2.13. The van der Waals surface area contributed by atoms with Crippen LogP contribution < -0.4 is 16.1 Å². The first-order chi connectivity index (χ1) is 9.93. The zero-order valence-corrected chi connectivity index (χ0v) is 13.1. The highest BCUT2D eigenvalue weighted by atomic mass is 79.9. The number of carbonyl (C=O) groups is 2. The topological polar surface area (TPSA) is 111 Å². The Balaban J connectivity index is 2.41. The van der Waals surface area contributed by atoms with Crippen LogP contribution in [0.1, 0.15) is 12.5 Å². The molecular weight excluding hydrogens is 342 g/mol. The fraction of sp³-hybridized carbons (Fsp3) is 0.385. The Bertz CT molecular complexity index is 496. The maximum Gasteiger partial charge on any atom is 0.315 e. The molecule has 0 aromatic heterocycles. The molecule has 0 unspecified atom stereocenters. The largest absolute Gasteiger partial charge is 0.391 e. The van der Waals surface area contributed by atoms with Gasteiger partial charge in [-0.3, -0.25) is 10.0 Å². The van der Waals surface area contributed by atoms with Crippen LogP contribution in [0.2, 0.25) is 0 Å². The summed E-state index contributed by atoms with van der Waals surface area (Å²) in [7, 11) is 0. The lowest BCUT2D eigenvalue weighted by molar-refractivity contribution is -0.133. The molecule has 1 aromatic carbocycles. The summed E-state index contributed by atoms with van der Waals surface area (Å²) in [5, 5.41) is 22.8.